The standard InChI is InChI=1S/C5H12ClN.H3N/c1-4-5(2,3)7-6;/h7H,4H2,1-3H3;1H3. The predicted octanol–water partition coefficient (Wildman–Crippen LogP) is 2.08. The van der Waals surface area contributed by atoms with Gasteiger partial charge in [0.25, 0.3) is 0 Å². The number of hydrogen-bond donors (Lipinski definition) is 2. The fraction of sp³-hybridized carbons (Fsp3) is 1.00. The summed E-state index contributed by atoms with van der Waals surface area (Å²) in [6, 6.07) is 0. The lowest BCUT2D eigenvalue weighted by molar-refractivity contribution is 0.459. The van der Waals surface area contributed by atoms with E-state index in [2.05, 4.69) is 25.6 Å². The average Bonchev–Trinajstić information content (AvgIpc) is 1.68. The molecular weight excluding hydrogens is 124 g/mol. The molecule has 0 aromatic carbocycles. The van der Waals surface area contributed by atoms with Gasteiger partial charge in [0, 0.05) is 5.54 Å². The van der Waals surface area contributed by atoms with E-state index in [1.54, 1.807) is 0 Å². The van der Waals surface area contributed by atoms with Crippen molar-refractivity contribution in [1.82, 2.24) is 11.0 Å². The summed E-state index contributed by atoms with van der Waals surface area (Å²) >= 11 is 5.34. The third kappa shape index (κ3) is 4.37. The lowest BCUT2D eigenvalue weighted by Gasteiger charge is -2.18. The van der Waals surface area contributed by atoms with E-state index < -0.39 is 0 Å². The molecule has 0 atom stereocenters. The molecule has 0 radical (unpaired) electrons. The van der Waals surface area contributed by atoms with Crippen molar-refractivity contribution in [3.8, 4) is 0 Å². The highest BCUT2D eigenvalue weighted by molar-refractivity contribution is 6.13. The normalized spacial score (nSPS) is 10.5. The molecule has 8 heavy (non-hydrogen) atoms. The Morgan fingerprint density at radius 2 is 1.88 bits per heavy atom. The van der Waals surface area contributed by atoms with Crippen molar-refractivity contribution in [1.29, 1.82) is 0 Å². The van der Waals surface area contributed by atoms with E-state index in [1.807, 2.05) is 0 Å². The highest BCUT2D eigenvalue weighted by Gasteiger charge is 2.10. The minimum Gasteiger partial charge on any atom is -0.344 e. The quantitative estimate of drug-likeness (QED) is 0.574. The molecule has 0 amide bonds. The molecule has 0 heterocycles. The minimum absolute atomic E-state index is 0. The molecule has 0 aliphatic carbocycles. The Balaban J connectivity index is 0. The Kier molecular flexibility index (Phi) is 5.71. The molecule has 0 aromatic rings. The van der Waals surface area contributed by atoms with Gasteiger partial charge in [0.2, 0.25) is 0 Å². The fourth-order valence-corrected chi connectivity index (χ4v) is 0.200. The van der Waals surface area contributed by atoms with Crippen LogP contribution in [-0.2, 0) is 0 Å². The van der Waals surface area contributed by atoms with E-state index in [1.165, 1.54) is 0 Å². The van der Waals surface area contributed by atoms with Crippen LogP contribution in [0.1, 0.15) is 27.2 Å². The number of rotatable bonds is 2. The third-order valence-corrected chi connectivity index (χ3v) is 1.65. The highest BCUT2D eigenvalue weighted by atomic mass is 35.5. The summed E-state index contributed by atoms with van der Waals surface area (Å²) in [5.41, 5.74) is 0.0988. The Bertz CT molecular complexity index is 48.4. The average molecular weight is 139 g/mol. The van der Waals surface area contributed by atoms with Crippen LogP contribution in [0.5, 0.6) is 0 Å². The predicted molar refractivity (Wildman–Crippen MR) is 38.4 cm³/mol. The van der Waals surface area contributed by atoms with Crippen molar-refractivity contribution in [2.75, 3.05) is 0 Å². The second-order valence-electron chi connectivity index (χ2n) is 2.33. The summed E-state index contributed by atoms with van der Waals surface area (Å²) in [6.45, 7) is 6.20. The van der Waals surface area contributed by atoms with Crippen molar-refractivity contribution in [3.05, 3.63) is 0 Å². The minimum atomic E-state index is 0. The number of halogens is 1. The first kappa shape index (κ1) is 11.1. The SMILES string of the molecule is CCC(C)(C)NCl.N. The largest absolute Gasteiger partial charge is 0.344 e. The van der Waals surface area contributed by atoms with Crippen LogP contribution in [0, 0.1) is 0 Å². The van der Waals surface area contributed by atoms with Gasteiger partial charge < -0.3 is 6.15 Å². The highest BCUT2D eigenvalue weighted by Crippen LogP contribution is 2.06. The van der Waals surface area contributed by atoms with E-state index in [0.717, 1.165) is 6.42 Å². The van der Waals surface area contributed by atoms with Crippen molar-refractivity contribution in [3.63, 3.8) is 0 Å². The summed E-state index contributed by atoms with van der Waals surface area (Å²) < 4.78 is 0. The first-order chi connectivity index (χ1) is 3.12. The Morgan fingerprint density at radius 1 is 1.50 bits per heavy atom. The van der Waals surface area contributed by atoms with Crippen molar-refractivity contribution >= 4 is 11.8 Å². The molecule has 0 rings (SSSR count). The van der Waals surface area contributed by atoms with Gasteiger partial charge in [-0.05, 0) is 32.0 Å². The molecular formula is C5H15ClN2. The van der Waals surface area contributed by atoms with Gasteiger partial charge in [0.1, 0.15) is 0 Å². The second-order valence-corrected chi connectivity index (χ2v) is 2.52. The lowest BCUT2D eigenvalue weighted by atomic mass is 10.0. The van der Waals surface area contributed by atoms with E-state index in [4.69, 9.17) is 11.8 Å². The van der Waals surface area contributed by atoms with Crippen LogP contribution >= 0.6 is 11.8 Å². The van der Waals surface area contributed by atoms with Crippen LogP contribution in [-0.4, -0.2) is 5.54 Å². The smallest absolute Gasteiger partial charge is 0.0272 e. The Labute approximate surface area is 56.3 Å². The molecule has 0 bridgehead atoms. The van der Waals surface area contributed by atoms with Crippen LogP contribution < -0.4 is 11.0 Å². The molecule has 3 heteroatoms. The van der Waals surface area contributed by atoms with E-state index in [0.29, 0.717) is 0 Å². The third-order valence-electron chi connectivity index (χ3n) is 1.14. The Morgan fingerprint density at radius 3 is 1.88 bits per heavy atom. The summed E-state index contributed by atoms with van der Waals surface area (Å²) in [5, 5.41) is 0. The number of nitrogens with one attached hydrogen (secondary N) is 1. The van der Waals surface area contributed by atoms with E-state index in [-0.39, 0.29) is 11.7 Å². The van der Waals surface area contributed by atoms with Crippen LogP contribution in [0.4, 0.5) is 0 Å². The van der Waals surface area contributed by atoms with Crippen LogP contribution in [0.2, 0.25) is 0 Å². The molecule has 0 saturated heterocycles. The molecule has 0 fully saturated rings. The topological polar surface area (TPSA) is 47.0 Å². The van der Waals surface area contributed by atoms with E-state index >= 15 is 0 Å². The first-order valence-corrected chi connectivity index (χ1v) is 2.88. The summed E-state index contributed by atoms with van der Waals surface area (Å²) in [4.78, 5) is 2.66. The maximum Gasteiger partial charge on any atom is 0.0272 e. The maximum absolute atomic E-state index is 5.34. The van der Waals surface area contributed by atoms with Gasteiger partial charge in [-0.15, -0.1) is 0 Å². The molecule has 0 aliphatic heterocycles. The van der Waals surface area contributed by atoms with E-state index in [9.17, 15) is 0 Å². The lowest BCUT2D eigenvalue weighted by Crippen LogP contribution is -2.30. The second kappa shape index (κ2) is 4.13. The summed E-state index contributed by atoms with van der Waals surface area (Å²) in [7, 11) is 0. The van der Waals surface area contributed by atoms with Crippen molar-refractivity contribution in [2.45, 2.75) is 32.7 Å². The Hall–Kier alpha value is 0.210. The van der Waals surface area contributed by atoms with Gasteiger partial charge >= 0.3 is 0 Å². The zero-order valence-electron chi connectivity index (χ0n) is 5.79. The van der Waals surface area contributed by atoms with Gasteiger partial charge in [0.05, 0.1) is 0 Å². The van der Waals surface area contributed by atoms with Crippen LogP contribution in [0.25, 0.3) is 0 Å². The molecule has 0 saturated carbocycles. The zero-order chi connectivity index (χ0) is 5.91. The van der Waals surface area contributed by atoms with Gasteiger partial charge in [-0.25, -0.2) is 4.84 Å². The summed E-state index contributed by atoms with van der Waals surface area (Å²) in [6.07, 6.45) is 1.05. The van der Waals surface area contributed by atoms with Gasteiger partial charge in [-0.1, -0.05) is 6.92 Å². The zero-order valence-corrected chi connectivity index (χ0v) is 6.55. The first-order valence-electron chi connectivity index (χ1n) is 2.50. The summed E-state index contributed by atoms with van der Waals surface area (Å²) in [5.74, 6) is 0. The molecule has 4 N–H and O–H groups in total. The van der Waals surface area contributed by atoms with Gasteiger partial charge in [-0.3, -0.25) is 0 Å². The van der Waals surface area contributed by atoms with Crippen molar-refractivity contribution in [2.24, 2.45) is 0 Å². The molecule has 0 unspecified atom stereocenters. The van der Waals surface area contributed by atoms with Gasteiger partial charge in [0.15, 0.2) is 0 Å². The molecule has 0 spiro atoms. The number of hydrogen-bond acceptors (Lipinski definition) is 2. The van der Waals surface area contributed by atoms with Crippen LogP contribution in [0.15, 0.2) is 0 Å². The molecule has 52 valence electrons. The molecule has 0 aliphatic rings. The molecule has 2 nitrogen and oxygen atoms in total. The van der Waals surface area contributed by atoms with Crippen molar-refractivity contribution < 1.29 is 0 Å². The van der Waals surface area contributed by atoms with Gasteiger partial charge in [-0.2, -0.15) is 0 Å². The fourth-order valence-electron chi connectivity index (χ4n) is 0.0668. The van der Waals surface area contributed by atoms with Crippen LogP contribution in [0.3, 0.4) is 0 Å². The monoisotopic (exact) mass is 138 g/mol. The maximum atomic E-state index is 5.34. The molecule has 0 aromatic heterocycles.